The van der Waals surface area contributed by atoms with Crippen LogP contribution in [0.25, 0.3) is 11.1 Å². The first-order chi connectivity index (χ1) is 16.3. The Morgan fingerprint density at radius 3 is 2.06 bits per heavy atom. The molecule has 0 bridgehead atoms. The van der Waals surface area contributed by atoms with Crippen molar-refractivity contribution in [3.63, 3.8) is 0 Å². The van der Waals surface area contributed by atoms with Gasteiger partial charge in [-0.1, -0.05) is 69.3 Å². The monoisotopic (exact) mass is 466 g/mol. The van der Waals surface area contributed by atoms with Crippen molar-refractivity contribution < 1.29 is 24.2 Å². The van der Waals surface area contributed by atoms with Gasteiger partial charge in [-0.15, -0.1) is 0 Å². The van der Waals surface area contributed by atoms with Gasteiger partial charge >= 0.3 is 12.1 Å². The van der Waals surface area contributed by atoms with Crippen LogP contribution in [-0.4, -0.2) is 41.8 Å². The van der Waals surface area contributed by atoms with E-state index in [-0.39, 0.29) is 24.9 Å². The highest BCUT2D eigenvalue weighted by molar-refractivity contribution is 5.86. The summed E-state index contributed by atoms with van der Waals surface area (Å²) in [6.45, 7) is 6.06. The quantitative estimate of drug-likeness (QED) is 0.445. The molecule has 0 radical (unpaired) electrons. The summed E-state index contributed by atoms with van der Waals surface area (Å²) in [6, 6.07) is 14.9. The predicted octanol–water partition coefficient (Wildman–Crippen LogP) is 4.70. The molecule has 3 rings (SSSR count). The number of amides is 2. The normalized spacial score (nSPS) is 14.1. The number of carboxylic acid groups (broad SMARTS) is 1. The fourth-order valence-electron chi connectivity index (χ4n) is 4.36. The lowest BCUT2D eigenvalue weighted by Gasteiger charge is -2.23. The zero-order valence-electron chi connectivity index (χ0n) is 20.0. The van der Waals surface area contributed by atoms with Gasteiger partial charge in [-0.05, 0) is 47.4 Å². The van der Waals surface area contributed by atoms with Gasteiger partial charge in [0, 0.05) is 12.0 Å². The minimum atomic E-state index is -0.977. The number of hydrogen-bond acceptors (Lipinski definition) is 4. The van der Waals surface area contributed by atoms with Crippen LogP contribution in [0.15, 0.2) is 48.5 Å². The SMILES string of the molecule is CCC(CC(=O)O)NC(=O)C(CCC(C)C)NC(=O)OCC1c2ccccc2-c2ccccc21. The highest BCUT2D eigenvalue weighted by Crippen LogP contribution is 2.44. The lowest BCUT2D eigenvalue weighted by atomic mass is 9.98. The third-order valence-corrected chi connectivity index (χ3v) is 6.25. The highest BCUT2D eigenvalue weighted by atomic mass is 16.5. The van der Waals surface area contributed by atoms with Crippen molar-refractivity contribution in [2.45, 2.75) is 64.5 Å². The Balaban J connectivity index is 1.65. The average molecular weight is 467 g/mol. The number of benzene rings is 2. The molecule has 2 aromatic carbocycles. The Kier molecular flexibility index (Phi) is 8.68. The third kappa shape index (κ3) is 6.37. The Labute approximate surface area is 200 Å². The molecule has 2 aromatic rings. The summed E-state index contributed by atoms with van der Waals surface area (Å²) in [5.74, 6) is -1.08. The summed E-state index contributed by atoms with van der Waals surface area (Å²) < 4.78 is 5.60. The Bertz CT molecular complexity index is 974. The molecule has 0 spiro atoms. The number of nitrogens with one attached hydrogen (secondary N) is 2. The van der Waals surface area contributed by atoms with Gasteiger partial charge in [-0.3, -0.25) is 9.59 Å². The van der Waals surface area contributed by atoms with Crippen LogP contribution in [0.4, 0.5) is 4.79 Å². The highest BCUT2D eigenvalue weighted by Gasteiger charge is 2.30. The van der Waals surface area contributed by atoms with Crippen molar-refractivity contribution in [2.24, 2.45) is 5.92 Å². The summed E-state index contributed by atoms with van der Waals surface area (Å²) in [5.41, 5.74) is 4.52. The number of ether oxygens (including phenoxy) is 1. The molecule has 2 atom stereocenters. The molecular formula is C27H34N2O5. The molecule has 2 amide bonds. The van der Waals surface area contributed by atoms with Crippen LogP contribution >= 0.6 is 0 Å². The molecular weight excluding hydrogens is 432 g/mol. The smallest absolute Gasteiger partial charge is 0.407 e. The van der Waals surface area contributed by atoms with Crippen LogP contribution in [0.3, 0.4) is 0 Å². The van der Waals surface area contributed by atoms with E-state index in [0.29, 0.717) is 18.8 Å². The lowest BCUT2D eigenvalue weighted by molar-refractivity contribution is -0.137. The van der Waals surface area contributed by atoms with Crippen LogP contribution < -0.4 is 10.6 Å². The van der Waals surface area contributed by atoms with Crippen molar-refractivity contribution >= 4 is 18.0 Å². The summed E-state index contributed by atoms with van der Waals surface area (Å²) in [6.07, 6.45) is 0.843. The van der Waals surface area contributed by atoms with Crippen LogP contribution in [0, 0.1) is 5.92 Å². The van der Waals surface area contributed by atoms with Crippen molar-refractivity contribution in [2.75, 3.05) is 6.61 Å². The molecule has 3 N–H and O–H groups in total. The van der Waals surface area contributed by atoms with Gasteiger partial charge in [0.25, 0.3) is 0 Å². The molecule has 1 aliphatic rings. The van der Waals surface area contributed by atoms with Crippen molar-refractivity contribution in [3.8, 4) is 11.1 Å². The number of carbonyl (C=O) groups is 3. The van der Waals surface area contributed by atoms with Crippen molar-refractivity contribution in [3.05, 3.63) is 59.7 Å². The fourth-order valence-corrected chi connectivity index (χ4v) is 4.36. The second-order valence-corrected chi connectivity index (χ2v) is 9.21. The van der Waals surface area contributed by atoms with E-state index in [9.17, 15) is 14.4 Å². The van der Waals surface area contributed by atoms with E-state index in [0.717, 1.165) is 28.7 Å². The summed E-state index contributed by atoms with van der Waals surface area (Å²) in [5, 5.41) is 14.5. The molecule has 0 aliphatic heterocycles. The van der Waals surface area contributed by atoms with E-state index in [4.69, 9.17) is 9.84 Å². The first kappa shape index (κ1) is 25.3. The van der Waals surface area contributed by atoms with Gasteiger partial charge in [-0.2, -0.15) is 0 Å². The van der Waals surface area contributed by atoms with Gasteiger partial charge in [-0.25, -0.2) is 4.79 Å². The van der Waals surface area contributed by atoms with E-state index in [1.807, 2.05) is 57.2 Å². The minimum Gasteiger partial charge on any atom is -0.481 e. The molecule has 7 heteroatoms. The molecule has 0 saturated carbocycles. The standard InChI is InChI=1S/C27H34N2O5/c1-4-18(15-25(30)31)28-26(32)24(14-13-17(2)3)29-27(33)34-16-23-21-11-7-5-9-19(21)20-10-6-8-12-22(20)23/h5-12,17-18,23-24H,4,13-16H2,1-3H3,(H,28,32)(H,29,33)(H,30,31). The Hall–Kier alpha value is -3.35. The van der Waals surface area contributed by atoms with Gasteiger partial charge in [0.05, 0.1) is 6.42 Å². The molecule has 0 aromatic heterocycles. The summed E-state index contributed by atoms with van der Waals surface area (Å²) in [7, 11) is 0. The van der Waals surface area contributed by atoms with Crippen molar-refractivity contribution in [1.29, 1.82) is 0 Å². The molecule has 182 valence electrons. The Morgan fingerprint density at radius 1 is 0.941 bits per heavy atom. The van der Waals surface area contributed by atoms with Gasteiger partial charge in [0.15, 0.2) is 0 Å². The number of alkyl carbamates (subject to hydrolysis) is 1. The number of fused-ring (bicyclic) bond motifs is 3. The first-order valence-electron chi connectivity index (χ1n) is 11.9. The predicted molar refractivity (Wildman–Crippen MR) is 131 cm³/mol. The molecule has 2 unspecified atom stereocenters. The van der Waals surface area contributed by atoms with E-state index in [2.05, 4.69) is 22.8 Å². The van der Waals surface area contributed by atoms with Gasteiger partial charge in [0.2, 0.25) is 5.91 Å². The molecule has 0 heterocycles. The number of carbonyl (C=O) groups excluding carboxylic acids is 2. The van der Waals surface area contributed by atoms with Crippen LogP contribution in [-0.2, 0) is 14.3 Å². The molecule has 0 saturated heterocycles. The van der Waals surface area contributed by atoms with E-state index < -0.39 is 24.1 Å². The average Bonchev–Trinajstić information content (AvgIpc) is 3.13. The maximum Gasteiger partial charge on any atom is 0.407 e. The van der Waals surface area contributed by atoms with E-state index in [1.165, 1.54) is 0 Å². The Morgan fingerprint density at radius 2 is 1.53 bits per heavy atom. The number of rotatable bonds is 11. The largest absolute Gasteiger partial charge is 0.481 e. The van der Waals surface area contributed by atoms with E-state index >= 15 is 0 Å². The summed E-state index contributed by atoms with van der Waals surface area (Å²) in [4.78, 5) is 36.6. The molecule has 34 heavy (non-hydrogen) atoms. The zero-order chi connectivity index (χ0) is 24.7. The van der Waals surface area contributed by atoms with E-state index in [1.54, 1.807) is 0 Å². The maximum atomic E-state index is 12.9. The third-order valence-electron chi connectivity index (χ3n) is 6.25. The first-order valence-corrected chi connectivity index (χ1v) is 11.9. The topological polar surface area (TPSA) is 105 Å². The lowest BCUT2D eigenvalue weighted by Crippen LogP contribution is -2.50. The second kappa shape index (κ2) is 11.7. The molecule has 1 aliphatic carbocycles. The second-order valence-electron chi connectivity index (χ2n) is 9.21. The molecule has 7 nitrogen and oxygen atoms in total. The maximum absolute atomic E-state index is 12.9. The minimum absolute atomic E-state index is 0.0684. The number of aliphatic carboxylic acids is 1. The van der Waals surface area contributed by atoms with Crippen LogP contribution in [0.2, 0.25) is 0 Å². The number of hydrogen-bond donors (Lipinski definition) is 3. The zero-order valence-corrected chi connectivity index (χ0v) is 20.0. The van der Waals surface area contributed by atoms with Gasteiger partial charge < -0.3 is 20.5 Å². The van der Waals surface area contributed by atoms with Crippen molar-refractivity contribution in [1.82, 2.24) is 10.6 Å². The summed E-state index contributed by atoms with van der Waals surface area (Å²) >= 11 is 0. The van der Waals surface area contributed by atoms with Crippen LogP contribution in [0.1, 0.15) is 63.5 Å². The molecule has 0 fully saturated rings. The number of carboxylic acids is 1. The fraction of sp³-hybridized carbons (Fsp3) is 0.444. The van der Waals surface area contributed by atoms with Crippen LogP contribution in [0.5, 0.6) is 0 Å². The van der Waals surface area contributed by atoms with Gasteiger partial charge in [0.1, 0.15) is 12.6 Å².